The van der Waals surface area contributed by atoms with Crippen LogP contribution in [0.1, 0.15) is 33.4 Å². The zero-order valence-corrected chi connectivity index (χ0v) is 32.0. The van der Waals surface area contributed by atoms with Crippen LogP contribution in [-0.2, 0) is 5.41 Å². The monoisotopic (exact) mass is 756 g/mol. The Labute approximate surface area is 339 Å². The van der Waals surface area contributed by atoms with E-state index >= 15 is 0 Å². The van der Waals surface area contributed by atoms with Gasteiger partial charge in [0.1, 0.15) is 0 Å². The molecule has 2 aliphatic carbocycles. The van der Waals surface area contributed by atoms with Crippen LogP contribution in [0.25, 0.3) is 88.6 Å². The van der Waals surface area contributed by atoms with Gasteiger partial charge in [0.25, 0.3) is 0 Å². The summed E-state index contributed by atoms with van der Waals surface area (Å²) >= 11 is 1.88. The van der Waals surface area contributed by atoms with Crippen LogP contribution < -0.4 is 0 Å². The van der Waals surface area contributed by atoms with E-state index in [0.29, 0.717) is 5.82 Å². The Morgan fingerprint density at radius 2 is 1.14 bits per heavy atom. The minimum Gasteiger partial charge on any atom is -0.264 e. The predicted octanol–water partition coefficient (Wildman–Crippen LogP) is 13.1. The molecule has 0 amide bonds. The Morgan fingerprint density at radius 3 is 1.98 bits per heavy atom. The Kier molecular flexibility index (Phi) is 7.28. The summed E-state index contributed by atoms with van der Waals surface area (Å²) in [6.45, 7) is 0. The maximum absolute atomic E-state index is 5.31. The lowest BCUT2D eigenvalue weighted by molar-refractivity contribution is 0.767. The lowest BCUT2D eigenvalue weighted by Gasteiger charge is -2.35. The standard InChI is InChI=1S/C53H32N4S/c1-2-12-35(13-3-1)48-30-49(38-24-25-47(55-32-38)37-14-10-26-54-31-37)57-52(56-48)36-23-22-34-21-20-33-11-4-7-17-43(33)53(45(34)27-36)44-18-8-5-15-39(44)41-28-42-40-16-6-9-19-50(40)58-51(42)29-46(41)53/h1-32H. The molecular weight excluding hydrogens is 725 g/mol. The Balaban J connectivity index is 1.11. The molecule has 4 heterocycles. The zero-order chi connectivity index (χ0) is 38.2. The number of thiophene rings is 1. The summed E-state index contributed by atoms with van der Waals surface area (Å²) in [6.07, 6.45) is 10.1. The molecule has 0 saturated carbocycles. The molecule has 1 atom stereocenters. The first-order chi connectivity index (χ1) is 28.7. The molecule has 12 rings (SSSR count). The van der Waals surface area contributed by atoms with Crippen LogP contribution in [0.5, 0.6) is 0 Å². The van der Waals surface area contributed by atoms with Crippen molar-refractivity contribution in [1.82, 2.24) is 19.9 Å². The van der Waals surface area contributed by atoms with Gasteiger partial charge in [0, 0.05) is 61.0 Å². The predicted molar refractivity (Wildman–Crippen MR) is 238 cm³/mol. The van der Waals surface area contributed by atoms with Crippen molar-refractivity contribution in [3.05, 3.63) is 216 Å². The van der Waals surface area contributed by atoms with Crippen LogP contribution in [0, 0.1) is 0 Å². The largest absolute Gasteiger partial charge is 0.264 e. The molecule has 6 aromatic carbocycles. The van der Waals surface area contributed by atoms with E-state index in [0.717, 1.165) is 39.3 Å². The minimum atomic E-state index is -0.590. The highest BCUT2D eigenvalue weighted by molar-refractivity contribution is 7.25. The van der Waals surface area contributed by atoms with Gasteiger partial charge in [-0.15, -0.1) is 11.3 Å². The number of benzene rings is 6. The van der Waals surface area contributed by atoms with E-state index in [1.807, 2.05) is 48.0 Å². The Bertz CT molecular complexity index is 3280. The molecule has 4 nitrogen and oxygen atoms in total. The second kappa shape index (κ2) is 12.8. The van der Waals surface area contributed by atoms with Crippen molar-refractivity contribution in [3.8, 4) is 56.3 Å². The van der Waals surface area contributed by atoms with Crippen molar-refractivity contribution in [2.45, 2.75) is 5.41 Å². The van der Waals surface area contributed by atoms with Gasteiger partial charge >= 0.3 is 0 Å². The topological polar surface area (TPSA) is 51.6 Å². The van der Waals surface area contributed by atoms with E-state index in [2.05, 4.69) is 157 Å². The Hall–Kier alpha value is -7.34. The molecule has 5 heteroatoms. The third-order valence-corrected chi connectivity index (χ3v) is 13.0. The van der Waals surface area contributed by atoms with Crippen molar-refractivity contribution in [1.29, 1.82) is 0 Å². The smallest absolute Gasteiger partial charge is 0.160 e. The van der Waals surface area contributed by atoms with Gasteiger partial charge in [-0.2, -0.15) is 0 Å². The number of rotatable bonds is 4. The van der Waals surface area contributed by atoms with Crippen LogP contribution in [0.4, 0.5) is 0 Å². The van der Waals surface area contributed by atoms with Crippen LogP contribution in [-0.4, -0.2) is 19.9 Å². The van der Waals surface area contributed by atoms with Crippen molar-refractivity contribution in [3.63, 3.8) is 0 Å². The van der Waals surface area contributed by atoms with Gasteiger partial charge in [-0.1, -0.05) is 121 Å². The summed E-state index contributed by atoms with van der Waals surface area (Å²) in [7, 11) is 0. The quantitative estimate of drug-likeness (QED) is 0.179. The maximum atomic E-state index is 5.31. The normalized spacial score (nSPS) is 14.9. The molecule has 58 heavy (non-hydrogen) atoms. The molecule has 0 aliphatic heterocycles. The number of pyridine rings is 2. The van der Waals surface area contributed by atoms with Crippen LogP contribution in [0.15, 0.2) is 182 Å². The average molecular weight is 757 g/mol. The van der Waals surface area contributed by atoms with Gasteiger partial charge in [-0.05, 0) is 99.1 Å². The van der Waals surface area contributed by atoms with E-state index in [1.165, 1.54) is 64.7 Å². The van der Waals surface area contributed by atoms with Crippen molar-refractivity contribution < 1.29 is 0 Å². The van der Waals surface area contributed by atoms with Gasteiger partial charge in [0.2, 0.25) is 0 Å². The number of nitrogens with zero attached hydrogens (tertiary/aromatic N) is 4. The fourth-order valence-corrected chi connectivity index (χ4v) is 10.4. The lowest BCUT2D eigenvalue weighted by Crippen LogP contribution is -2.30. The number of hydrogen-bond acceptors (Lipinski definition) is 5. The number of hydrogen-bond donors (Lipinski definition) is 0. The third-order valence-electron chi connectivity index (χ3n) is 11.9. The number of fused-ring (bicyclic) bond motifs is 12. The van der Waals surface area contributed by atoms with Crippen molar-refractivity contribution in [2.24, 2.45) is 0 Å². The lowest BCUT2D eigenvalue weighted by atomic mass is 9.65. The second-order valence-corrected chi connectivity index (χ2v) is 16.1. The van der Waals surface area contributed by atoms with Gasteiger partial charge in [0.05, 0.1) is 22.5 Å². The highest BCUT2D eigenvalue weighted by atomic mass is 32.1. The van der Waals surface area contributed by atoms with E-state index in [4.69, 9.17) is 15.0 Å². The van der Waals surface area contributed by atoms with Gasteiger partial charge < -0.3 is 0 Å². The summed E-state index contributed by atoms with van der Waals surface area (Å²) in [5.41, 5.74) is 15.9. The molecule has 0 N–H and O–H groups in total. The minimum absolute atomic E-state index is 0.590. The molecular formula is C53H32N4S. The van der Waals surface area contributed by atoms with Crippen molar-refractivity contribution in [2.75, 3.05) is 0 Å². The SMILES string of the molecule is C1=Cc2ccc(-c3nc(-c4ccccc4)cc(-c4ccc(-c5cccnc5)nc4)n3)cc2C2(c3ccccc31)c1ccccc1-c1cc3c(cc12)sc1ccccc13. The molecule has 0 saturated heterocycles. The molecule has 0 radical (unpaired) electrons. The third kappa shape index (κ3) is 4.93. The summed E-state index contributed by atoms with van der Waals surface area (Å²) in [4.78, 5) is 19.7. The fraction of sp³-hybridized carbons (Fsp3) is 0.0189. The van der Waals surface area contributed by atoms with Crippen molar-refractivity contribution >= 4 is 43.7 Å². The first-order valence-corrected chi connectivity index (χ1v) is 20.3. The molecule has 0 bridgehead atoms. The molecule has 0 fully saturated rings. The molecule has 10 aromatic rings. The summed E-state index contributed by atoms with van der Waals surface area (Å²) in [5, 5.41) is 2.62. The highest BCUT2D eigenvalue weighted by Gasteiger charge is 2.49. The molecule has 1 spiro atoms. The van der Waals surface area contributed by atoms with Crippen LogP contribution in [0.3, 0.4) is 0 Å². The van der Waals surface area contributed by atoms with E-state index in [-0.39, 0.29) is 0 Å². The molecule has 270 valence electrons. The van der Waals surface area contributed by atoms with Gasteiger partial charge in [-0.25, -0.2) is 9.97 Å². The molecule has 1 unspecified atom stereocenters. The highest BCUT2D eigenvalue weighted by Crippen LogP contribution is 2.60. The fourth-order valence-electron chi connectivity index (χ4n) is 9.26. The van der Waals surface area contributed by atoms with E-state index in [9.17, 15) is 0 Å². The summed E-state index contributed by atoms with van der Waals surface area (Å²) in [5.74, 6) is 0.665. The average Bonchev–Trinajstić information content (AvgIpc) is 3.75. The van der Waals surface area contributed by atoms with Gasteiger partial charge in [0.15, 0.2) is 5.82 Å². The summed E-state index contributed by atoms with van der Waals surface area (Å²) < 4.78 is 2.61. The van der Waals surface area contributed by atoms with Crippen LogP contribution >= 0.6 is 11.3 Å². The van der Waals surface area contributed by atoms with Crippen LogP contribution in [0.2, 0.25) is 0 Å². The first kappa shape index (κ1) is 32.9. The maximum Gasteiger partial charge on any atom is 0.160 e. The summed E-state index contributed by atoms with van der Waals surface area (Å²) in [6, 6.07) is 59.0. The van der Waals surface area contributed by atoms with Gasteiger partial charge in [-0.3, -0.25) is 9.97 Å². The van der Waals surface area contributed by atoms with E-state index < -0.39 is 5.41 Å². The zero-order valence-electron chi connectivity index (χ0n) is 31.2. The number of aromatic nitrogens is 4. The molecule has 2 aliphatic rings. The molecule has 4 aromatic heterocycles. The Morgan fingerprint density at radius 1 is 0.414 bits per heavy atom. The second-order valence-electron chi connectivity index (χ2n) is 15.0. The first-order valence-electron chi connectivity index (χ1n) is 19.5. The van der Waals surface area contributed by atoms with E-state index in [1.54, 1.807) is 6.20 Å².